The molecule has 1 aliphatic heterocycles. The summed E-state index contributed by atoms with van der Waals surface area (Å²) >= 11 is 1.62. The van der Waals surface area contributed by atoms with E-state index in [1.165, 1.54) is 4.57 Å². The van der Waals surface area contributed by atoms with Crippen LogP contribution in [0.3, 0.4) is 0 Å². The summed E-state index contributed by atoms with van der Waals surface area (Å²) in [5.41, 5.74) is 2.08. The number of nitrogens with zero attached hydrogens (tertiary/aromatic N) is 3. The molecule has 0 fully saturated rings. The topological polar surface area (TPSA) is 47.2 Å². The predicted molar refractivity (Wildman–Crippen MR) is 104 cm³/mol. The Labute approximate surface area is 151 Å². The maximum Gasteiger partial charge on any atom is 0.331 e. The summed E-state index contributed by atoms with van der Waals surface area (Å²) in [6.45, 7) is 8.15. The van der Waals surface area contributed by atoms with E-state index in [9.17, 15) is 9.59 Å². The van der Waals surface area contributed by atoms with Gasteiger partial charge >= 0.3 is 5.69 Å². The number of rotatable bonds is 5. The Hall–Kier alpha value is -2.21. The van der Waals surface area contributed by atoms with E-state index in [1.807, 2.05) is 39.0 Å². The van der Waals surface area contributed by atoms with E-state index in [1.54, 1.807) is 16.3 Å². The zero-order valence-electron chi connectivity index (χ0n) is 14.9. The number of hydrogen-bond donors (Lipinski definition) is 0. The molecule has 1 aromatic heterocycles. The molecule has 0 saturated heterocycles. The van der Waals surface area contributed by atoms with Gasteiger partial charge in [-0.3, -0.25) is 13.9 Å². The monoisotopic (exact) mass is 357 g/mol. The van der Waals surface area contributed by atoms with E-state index in [4.69, 9.17) is 0 Å². The maximum absolute atomic E-state index is 12.8. The lowest BCUT2D eigenvalue weighted by Crippen LogP contribution is -2.42. The van der Waals surface area contributed by atoms with Gasteiger partial charge in [-0.05, 0) is 38.3 Å². The SMILES string of the molecule is CCN1C/C(=C\Sc2ccccc2)c2c1c(=O)n(CC)c(=O)n2CC. The van der Waals surface area contributed by atoms with Crippen molar-refractivity contribution in [2.75, 3.05) is 18.0 Å². The smallest absolute Gasteiger partial charge is 0.331 e. The fourth-order valence-corrected chi connectivity index (χ4v) is 4.01. The molecule has 5 nitrogen and oxygen atoms in total. The van der Waals surface area contributed by atoms with Crippen LogP contribution in [-0.4, -0.2) is 22.2 Å². The summed E-state index contributed by atoms with van der Waals surface area (Å²) in [6, 6.07) is 10.1. The van der Waals surface area contributed by atoms with E-state index < -0.39 is 0 Å². The Balaban J connectivity index is 2.16. The minimum atomic E-state index is -0.220. The van der Waals surface area contributed by atoms with Crippen molar-refractivity contribution < 1.29 is 0 Å². The van der Waals surface area contributed by atoms with Gasteiger partial charge in [-0.15, -0.1) is 0 Å². The lowest BCUT2D eigenvalue weighted by molar-refractivity contribution is 0.584. The average Bonchev–Trinajstić information content (AvgIpc) is 3.00. The van der Waals surface area contributed by atoms with Gasteiger partial charge in [0.2, 0.25) is 0 Å². The first-order chi connectivity index (χ1) is 12.1. The first-order valence-electron chi connectivity index (χ1n) is 8.66. The number of anilines is 1. The highest BCUT2D eigenvalue weighted by molar-refractivity contribution is 8.02. The summed E-state index contributed by atoms with van der Waals surface area (Å²) in [6.07, 6.45) is 0. The molecule has 3 rings (SSSR count). The standard InChI is InChI=1S/C19H23N3O2S/c1-4-20-12-14(13-25-15-10-8-7-9-11-15)16-17(20)18(23)22(6-3)19(24)21(16)5-2/h7-11,13H,4-6,12H2,1-3H3/b14-13+. The molecule has 0 atom stereocenters. The Morgan fingerprint density at radius 2 is 1.68 bits per heavy atom. The normalized spacial score (nSPS) is 15.0. The van der Waals surface area contributed by atoms with Gasteiger partial charge in [-0.25, -0.2) is 4.79 Å². The predicted octanol–water partition coefficient (Wildman–Crippen LogP) is 3.02. The summed E-state index contributed by atoms with van der Waals surface area (Å²) < 4.78 is 3.06. The van der Waals surface area contributed by atoms with Crippen LogP contribution in [0.4, 0.5) is 5.69 Å². The summed E-state index contributed by atoms with van der Waals surface area (Å²) in [5.74, 6) is 0. The third-order valence-electron chi connectivity index (χ3n) is 4.48. The molecule has 25 heavy (non-hydrogen) atoms. The van der Waals surface area contributed by atoms with Crippen molar-refractivity contribution in [3.8, 4) is 0 Å². The van der Waals surface area contributed by atoms with E-state index in [0.29, 0.717) is 25.3 Å². The maximum atomic E-state index is 12.8. The zero-order valence-corrected chi connectivity index (χ0v) is 15.7. The highest BCUT2D eigenvalue weighted by atomic mass is 32.2. The molecule has 0 unspecified atom stereocenters. The molecule has 0 amide bonds. The number of thioether (sulfide) groups is 1. The number of likely N-dealkylation sites (N-methyl/N-ethyl adjacent to an activating group) is 1. The van der Waals surface area contributed by atoms with Gasteiger partial charge in [-0.1, -0.05) is 30.0 Å². The fraction of sp³-hybridized carbons (Fsp3) is 0.368. The number of aromatic nitrogens is 2. The van der Waals surface area contributed by atoms with E-state index in [-0.39, 0.29) is 11.2 Å². The highest BCUT2D eigenvalue weighted by Gasteiger charge is 2.30. The number of hydrogen-bond acceptors (Lipinski definition) is 4. The molecule has 2 heterocycles. The molecule has 0 spiro atoms. The lowest BCUT2D eigenvalue weighted by Gasteiger charge is -2.17. The minimum absolute atomic E-state index is 0.179. The van der Waals surface area contributed by atoms with Crippen molar-refractivity contribution in [3.05, 3.63) is 62.3 Å². The van der Waals surface area contributed by atoms with Crippen LogP contribution in [0.25, 0.3) is 5.57 Å². The average molecular weight is 357 g/mol. The quantitative estimate of drug-likeness (QED) is 0.772. The molecule has 1 aliphatic rings. The highest BCUT2D eigenvalue weighted by Crippen LogP contribution is 2.34. The van der Waals surface area contributed by atoms with Crippen LogP contribution in [0.2, 0.25) is 0 Å². The summed E-state index contributed by atoms with van der Waals surface area (Å²) in [4.78, 5) is 28.7. The van der Waals surface area contributed by atoms with Crippen molar-refractivity contribution >= 4 is 23.0 Å². The van der Waals surface area contributed by atoms with Gasteiger partial charge in [-0.2, -0.15) is 0 Å². The van der Waals surface area contributed by atoms with E-state index in [0.717, 1.165) is 22.7 Å². The third kappa shape index (κ3) is 3.06. The molecule has 1 aromatic carbocycles. The molecule has 0 bridgehead atoms. The molecule has 2 aromatic rings. The van der Waals surface area contributed by atoms with Gasteiger partial charge < -0.3 is 4.90 Å². The molecule has 0 radical (unpaired) electrons. The van der Waals surface area contributed by atoms with Crippen LogP contribution in [0, 0.1) is 0 Å². The first-order valence-corrected chi connectivity index (χ1v) is 9.53. The Kier molecular flexibility index (Phi) is 5.18. The second kappa shape index (κ2) is 7.35. The molecular weight excluding hydrogens is 334 g/mol. The number of fused-ring (bicyclic) bond motifs is 1. The zero-order chi connectivity index (χ0) is 18.0. The van der Waals surface area contributed by atoms with Crippen molar-refractivity contribution in [1.82, 2.24) is 9.13 Å². The Morgan fingerprint density at radius 1 is 1.00 bits per heavy atom. The largest absolute Gasteiger partial charge is 0.361 e. The van der Waals surface area contributed by atoms with Gasteiger partial charge in [0.05, 0.1) is 5.69 Å². The Bertz CT molecular complexity index is 913. The summed E-state index contributed by atoms with van der Waals surface area (Å²) in [7, 11) is 0. The van der Waals surface area contributed by atoms with Crippen LogP contribution in [0.1, 0.15) is 26.5 Å². The Morgan fingerprint density at radius 3 is 2.28 bits per heavy atom. The van der Waals surface area contributed by atoms with Gasteiger partial charge in [0, 0.05) is 36.6 Å². The lowest BCUT2D eigenvalue weighted by atomic mass is 10.2. The van der Waals surface area contributed by atoms with Crippen molar-refractivity contribution in [2.45, 2.75) is 38.8 Å². The van der Waals surface area contributed by atoms with Gasteiger partial charge in [0.25, 0.3) is 5.56 Å². The molecule has 6 heteroatoms. The molecule has 0 N–H and O–H groups in total. The molecule has 0 saturated carbocycles. The summed E-state index contributed by atoms with van der Waals surface area (Å²) in [5, 5.41) is 2.07. The minimum Gasteiger partial charge on any atom is -0.361 e. The fourth-order valence-electron chi connectivity index (χ4n) is 3.23. The number of benzene rings is 1. The van der Waals surface area contributed by atoms with Gasteiger partial charge in [0.15, 0.2) is 0 Å². The van der Waals surface area contributed by atoms with Crippen LogP contribution in [0.15, 0.2) is 50.2 Å². The van der Waals surface area contributed by atoms with Crippen LogP contribution in [0.5, 0.6) is 0 Å². The van der Waals surface area contributed by atoms with E-state index >= 15 is 0 Å². The van der Waals surface area contributed by atoms with E-state index in [2.05, 4.69) is 22.4 Å². The third-order valence-corrected chi connectivity index (χ3v) is 5.43. The molecule has 0 aliphatic carbocycles. The van der Waals surface area contributed by atoms with Crippen LogP contribution >= 0.6 is 11.8 Å². The van der Waals surface area contributed by atoms with Crippen LogP contribution < -0.4 is 16.1 Å². The van der Waals surface area contributed by atoms with Crippen molar-refractivity contribution in [2.24, 2.45) is 0 Å². The van der Waals surface area contributed by atoms with Crippen molar-refractivity contribution in [3.63, 3.8) is 0 Å². The molecular formula is C19H23N3O2S. The van der Waals surface area contributed by atoms with Crippen LogP contribution in [-0.2, 0) is 13.1 Å². The second-order valence-corrected chi connectivity index (χ2v) is 6.80. The first kappa shape index (κ1) is 17.6. The second-order valence-electron chi connectivity index (χ2n) is 5.86. The molecule has 132 valence electrons. The van der Waals surface area contributed by atoms with Gasteiger partial charge in [0.1, 0.15) is 5.69 Å². The van der Waals surface area contributed by atoms with Crippen molar-refractivity contribution in [1.29, 1.82) is 0 Å².